The predicted molar refractivity (Wildman–Crippen MR) is 107 cm³/mol. The summed E-state index contributed by atoms with van der Waals surface area (Å²) in [5.41, 5.74) is 1.90. The average molecular weight is 405 g/mol. The fourth-order valence-electron chi connectivity index (χ4n) is 2.85. The van der Waals surface area contributed by atoms with Crippen LogP contribution in [0.3, 0.4) is 0 Å². The molecule has 0 heterocycles. The number of benzene rings is 1. The molecule has 29 heavy (non-hydrogen) atoms. The van der Waals surface area contributed by atoms with Gasteiger partial charge in [-0.25, -0.2) is 9.59 Å². The molecule has 2 aliphatic carbocycles. The lowest BCUT2D eigenvalue weighted by atomic mass is 10.1. The standard InChI is InChI=1S/C23H32O6/c1-16(27-13-18-7-8-18)22(24)26-12-11-20-5-3-4-6-21(20)15-29-23(25)17(2)28-14-19-9-10-19/h3-6,16-19H,7-15H2,1-2H3. The zero-order chi connectivity index (χ0) is 20.6. The van der Waals surface area contributed by atoms with Gasteiger partial charge in [-0.1, -0.05) is 24.3 Å². The van der Waals surface area contributed by atoms with E-state index in [1.165, 1.54) is 25.7 Å². The van der Waals surface area contributed by atoms with Crippen LogP contribution in [0.25, 0.3) is 0 Å². The van der Waals surface area contributed by atoms with Crippen molar-refractivity contribution >= 4 is 11.9 Å². The van der Waals surface area contributed by atoms with Crippen molar-refractivity contribution < 1.29 is 28.5 Å². The lowest BCUT2D eigenvalue weighted by molar-refractivity contribution is -0.157. The molecule has 2 atom stereocenters. The first-order valence-corrected chi connectivity index (χ1v) is 10.7. The SMILES string of the molecule is CC(OCC1CC1)C(=O)OCCc1ccccc1COC(=O)C(C)OCC1CC1. The quantitative estimate of drug-likeness (QED) is 0.469. The number of carbonyl (C=O) groups is 2. The van der Waals surface area contributed by atoms with Crippen LogP contribution in [0.15, 0.2) is 24.3 Å². The van der Waals surface area contributed by atoms with Gasteiger partial charge in [-0.05, 0) is 62.5 Å². The number of hydrogen-bond donors (Lipinski definition) is 0. The maximum absolute atomic E-state index is 12.1. The fraction of sp³-hybridized carbons (Fsp3) is 0.652. The van der Waals surface area contributed by atoms with Gasteiger partial charge in [0.25, 0.3) is 0 Å². The first-order chi connectivity index (χ1) is 14.0. The van der Waals surface area contributed by atoms with Crippen molar-refractivity contribution in [2.45, 2.75) is 64.8 Å². The highest BCUT2D eigenvalue weighted by Gasteiger charge is 2.25. The smallest absolute Gasteiger partial charge is 0.335 e. The van der Waals surface area contributed by atoms with Gasteiger partial charge in [0.15, 0.2) is 12.2 Å². The second-order valence-corrected chi connectivity index (χ2v) is 8.13. The summed E-state index contributed by atoms with van der Waals surface area (Å²) in [5.74, 6) is 0.530. The third-order valence-corrected chi connectivity index (χ3v) is 5.33. The van der Waals surface area contributed by atoms with Crippen LogP contribution in [0.1, 0.15) is 50.7 Å². The average Bonchev–Trinajstić information content (AvgIpc) is 3.63. The van der Waals surface area contributed by atoms with Crippen molar-refractivity contribution in [3.8, 4) is 0 Å². The van der Waals surface area contributed by atoms with Gasteiger partial charge >= 0.3 is 11.9 Å². The maximum Gasteiger partial charge on any atom is 0.335 e. The molecule has 0 spiro atoms. The molecular formula is C23H32O6. The first-order valence-electron chi connectivity index (χ1n) is 10.7. The molecular weight excluding hydrogens is 372 g/mol. The largest absolute Gasteiger partial charge is 0.463 e. The summed E-state index contributed by atoms with van der Waals surface area (Å²) in [5, 5.41) is 0. The molecule has 0 aromatic heterocycles. The molecule has 0 radical (unpaired) electrons. The van der Waals surface area contributed by atoms with Crippen LogP contribution in [-0.2, 0) is 41.6 Å². The van der Waals surface area contributed by atoms with Gasteiger partial charge in [0, 0.05) is 6.42 Å². The molecule has 1 aromatic carbocycles. The molecule has 0 amide bonds. The summed E-state index contributed by atoms with van der Waals surface area (Å²) in [4.78, 5) is 24.1. The van der Waals surface area contributed by atoms with E-state index in [1.807, 2.05) is 24.3 Å². The van der Waals surface area contributed by atoms with Crippen LogP contribution < -0.4 is 0 Å². The van der Waals surface area contributed by atoms with Crippen molar-refractivity contribution in [1.82, 2.24) is 0 Å². The minimum Gasteiger partial charge on any atom is -0.463 e. The monoisotopic (exact) mass is 404 g/mol. The molecule has 160 valence electrons. The number of rotatable bonds is 13. The Morgan fingerprint density at radius 3 is 1.93 bits per heavy atom. The van der Waals surface area contributed by atoms with E-state index in [2.05, 4.69) is 0 Å². The summed E-state index contributed by atoms with van der Waals surface area (Å²) in [6.07, 6.45) is 4.21. The van der Waals surface area contributed by atoms with E-state index in [4.69, 9.17) is 18.9 Å². The van der Waals surface area contributed by atoms with Crippen LogP contribution in [0.2, 0.25) is 0 Å². The topological polar surface area (TPSA) is 71.1 Å². The Balaban J connectivity index is 1.38. The molecule has 6 nitrogen and oxygen atoms in total. The number of carbonyl (C=O) groups excluding carboxylic acids is 2. The van der Waals surface area contributed by atoms with Crippen molar-refractivity contribution in [2.24, 2.45) is 11.8 Å². The molecule has 3 rings (SSSR count). The summed E-state index contributed by atoms with van der Waals surface area (Å²) in [7, 11) is 0. The van der Waals surface area contributed by atoms with Gasteiger partial charge < -0.3 is 18.9 Å². The highest BCUT2D eigenvalue weighted by Crippen LogP contribution is 2.29. The second-order valence-electron chi connectivity index (χ2n) is 8.13. The Hall–Kier alpha value is -1.92. The summed E-state index contributed by atoms with van der Waals surface area (Å²) >= 11 is 0. The van der Waals surface area contributed by atoms with Crippen molar-refractivity contribution in [2.75, 3.05) is 19.8 Å². The molecule has 2 fully saturated rings. The number of esters is 2. The third kappa shape index (κ3) is 7.78. The molecule has 6 heteroatoms. The van der Waals surface area contributed by atoms with Gasteiger partial charge in [0.1, 0.15) is 6.61 Å². The fourth-order valence-corrected chi connectivity index (χ4v) is 2.85. The lowest BCUT2D eigenvalue weighted by Crippen LogP contribution is -2.25. The Labute approximate surface area is 172 Å². The van der Waals surface area contributed by atoms with Gasteiger partial charge in [-0.15, -0.1) is 0 Å². The molecule has 2 saturated carbocycles. The van der Waals surface area contributed by atoms with Crippen LogP contribution >= 0.6 is 0 Å². The zero-order valence-electron chi connectivity index (χ0n) is 17.4. The number of ether oxygens (including phenoxy) is 4. The molecule has 2 aliphatic rings. The van der Waals surface area contributed by atoms with Crippen molar-refractivity contribution in [3.63, 3.8) is 0 Å². The normalized spacial score (nSPS) is 18.1. The van der Waals surface area contributed by atoms with E-state index in [0.717, 1.165) is 11.1 Å². The molecule has 2 unspecified atom stereocenters. The molecule has 1 aromatic rings. The third-order valence-electron chi connectivity index (χ3n) is 5.33. The Morgan fingerprint density at radius 2 is 1.38 bits per heavy atom. The molecule has 0 N–H and O–H groups in total. The van der Waals surface area contributed by atoms with Crippen molar-refractivity contribution in [3.05, 3.63) is 35.4 Å². The molecule has 0 saturated heterocycles. The first kappa shape index (κ1) is 21.8. The lowest BCUT2D eigenvalue weighted by Gasteiger charge is -2.15. The van der Waals surface area contributed by atoms with Gasteiger partial charge in [0.2, 0.25) is 0 Å². The van der Waals surface area contributed by atoms with E-state index in [-0.39, 0.29) is 25.2 Å². The van der Waals surface area contributed by atoms with Crippen LogP contribution in [0.4, 0.5) is 0 Å². The van der Waals surface area contributed by atoms with E-state index >= 15 is 0 Å². The van der Waals surface area contributed by atoms with E-state index < -0.39 is 12.2 Å². The minimum atomic E-state index is -0.555. The maximum atomic E-state index is 12.1. The Bertz CT molecular complexity index is 680. The van der Waals surface area contributed by atoms with Gasteiger partial charge in [0.05, 0.1) is 19.8 Å². The summed E-state index contributed by atoms with van der Waals surface area (Å²) < 4.78 is 21.9. The van der Waals surface area contributed by atoms with Crippen molar-refractivity contribution in [1.29, 1.82) is 0 Å². The minimum absolute atomic E-state index is 0.182. The highest BCUT2D eigenvalue weighted by molar-refractivity contribution is 5.74. The molecule has 0 bridgehead atoms. The van der Waals surface area contributed by atoms with Gasteiger partial charge in [-0.2, -0.15) is 0 Å². The van der Waals surface area contributed by atoms with Crippen LogP contribution in [0, 0.1) is 11.8 Å². The number of hydrogen-bond acceptors (Lipinski definition) is 6. The zero-order valence-corrected chi connectivity index (χ0v) is 17.4. The molecule has 0 aliphatic heterocycles. The summed E-state index contributed by atoms with van der Waals surface area (Å²) in [6, 6.07) is 7.70. The van der Waals surface area contributed by atoms with E-state index in [0.29, 0.717) is 31.5 Å². The van der Waals surface area contributed by atoms with Crippen LogP contribution in [0.5, 0.6) is 0 Å². The Morgan fingerprint density at radius 1 is 0.862 bits per heavy atom. The Kier molecular flexibility index (Phi) is 8.07. The summed E-state index contributed by atoms with van der Waals surface area (Å²) in [6.45, 7) is 5.16. The van der Waals surface area contributed by atoms with Crippen LogP contribution in [-0.4, -0.2) is 44.0 Å². The second kappa shape index (κ2) is 10.7. The highest BCUT2D eigenvalue weighted by atomic mass is 16.6. The van der Waals surface area contributed by atoms with E-state index in [9.17, 15) is 9.59 Å². The van der Waals surface area contributed by atoms with E-state index in [1.54, 1.807) is 13.8 Å². The van der Waals surface area contributed by atoms with Gasteiger partial charge in [-0.3, -0.25) is 0 Å². The predicted octanol–water partition coefficient (Wildman–Crippen LogP) is 3.45.